The Hall–Kier alpha value is -3.92. The van der Waals surface area contributed by atoms with Crippen molar-refractivity contribution >= 4 is 17.4 Å². The van der Waals surface area contributed by atoms with E-state index in [2.05, 4.69) is 20.6 Å². The predicted octanol–water partition coefficient (Wildman–Crippen LogP) is 3.78. The number of nitrogens with one attached hydrogen (secondary N) is 2. The summed E-state index contributed by atoms with van der Waals surface area (Å²) in [5.41, 5.74) is 1.03. The van der Waals surface area contributed by atoms with Crippen LogP contribution in [0.25, 0.3) is 0 Å². The van der Waals surface area contributed by atoms with Gasteiger partial charge in [0.2, 0.25) is 0 Å². The quantitative estimate of drug-likeness (QED) is 0.757. The molecule has 0 saturated heterocycles. The van der Waals surface area contributed by atoms with E-state index in [-0.39, 0.29) is 17.0 Å². The van der Waals surface area contributed by atoms with Gasteiger partial charge < -0.3 is 15.4 Å². The number of carbonyl (C=O) groups is 1. The van der Waals surface area contributed by atoms with Crippen LogP contribution < -0.4 is 15.4 Å². The summed E-state index contributed by atoms with van der Waals surface area (Å²) in [5, 5.41) is 14.6. The van der Waals surface area contributed by atoms with Crippen LogP contribution in [0.4, 0.5) is 16.2 Å². The Bertz CT molecular complexity index is 908. The molecule has 0 spiro atoms. The second-order valence-electron chi connectivity index (χ2n) is 4.91. The number of urea groups is 1. The molecule has 2 heterocycles. The Kier molecular flexibility index (Phi) is 4.83. The lowest BCUT2D eigenvalue weighted by molar-refractivity contribution is 0.262. The standard InChI is InChI=1S/C18H13N5O2/c19-9-13-10-21-12-16(17(13)25-15-6-2-1-3-7-15)23-18(24)22-14-5-4-8-20-11-14/h1-8,10-12H,(H2,22,23,24). The zero-order valence-electron chi connectivity index (χ0n) is 13.0. The first-order valence-corrected chi connectivity index (χ1v) is 7.35. The average Bonchev–Trinajstić information content (AvgIpc) is 2.64. The molecule has 0 saturated carbocycles. The van der Waals surface area contributed by atoms with Gasteiger partial charge in [-0.3, -0.25) is 9.97 Å². The number of hydrogen-bond donors (Lipinski definition) is 2. The molecule has 0 bridgehead atoms. The minimum atomic E-state index is -0.497. The number of carbonyl (C=O) groups excluding carboxylic acids is 1. The van der Waals surface area contributed by atoms with Gasteiger partial charge in [-0.05, 0) is 24.3 Å². The second kappa shape index (κ2) is 7.57. The first-order chi connectivity index (χ1) is 12.3. The van der Waals surface area contributed by atoms with E-state index in [1.807, 2.05) is 24.3 Å². The molecule has 0 fully saturated rings. The average molecular weight is 331 g/mol. The van der Waals surface area contributed by atoms with Crippen LogP contribution in [0, 0.1) is 11.3 Å². The van der Waals surface area contributed by atoms with Crippen LogP contribution in [-0.4, -0.2) is 16.0 Å². The first-order valence-electron chi connectivity index (χ1n) is 7.35. The molecule has 0 aliphatic carbocycles. The maximum atomic E-state index is 12.2. The summed E-state index contributed by atoms with van der Waals surface area (Å²) < 4.78 is 5.77. The third-order valence-electron chi connectivity index (χ3n) is 3.15. The van der Waals surface area contributed by atoms with Gasteiger partial charge in [0.05, 0.1) is 18.1 Å². The number of rotatable bonds is 4. The van der Waals surface area contributed by atoms with Gasteiger partial charge >= 0.3 is 6.03 Å². The van der Waals surface area contributed by atoms with Crippen molar-refractivity contribution in [2.45, 2.75) is 0 Å². The minimum absolute atomic E-state index is 0.211. The number of hydrogen-bond acceptors (Lipinski definition) is 5. The normalized spacial score (nSPS) is 9.72. The van der Waals surface area contributed by atoms with Crippen LogP contribution in [-0.2, 0) is 0 Å². The predicted molar refractivity (Wildman–Crippen MR) is 92.3 cm³/mol. The van der Waals surface area contributed by atoms with Crippen LogP contribution in [0.15, 0.2) is 67.3 Å². The van der Waals surface area contributed by atoms with Crippen LogP contribution in [0.1, 0.15) is 5.56 Å². The van der Waals surface area contributed by atoms with Gasteiger partial charge in [0.25, 0.3) is 0 Å². The van der Waals surface area contributed by atoms with Gasteiger partial charge in [-0.1, -0.05) is 18.2 Å². The molecule has 2 amide bonds. The summed E-state index contributed by atoms with van der Waals surface area (Å²) in [4.78, 5) is 20.1. The van der Waals surface area contributed by atoms with E-state index in [1.165, 1.54) is 18.6 Å². The summed E-state index contributed by atoms with van der Waals surface area (Å²) in [7, 11) is 0. The van der Waals surface area contributed by atoms with Crippen LogP contribution in [0.5, 0.6) is 11.5 Å². The molecule has 7 nitrogen and oxygen atoms in total. The molecular formula is C18H13N5O2. The number of amides is 2. The molecule has 0 unspecified atom stereocenters. The summed E-state index contributed by atoms with van der Waals surface area (Å²) in [6.45, 7) is 0. The molecule has 0 atom stereocenters. The van der Waals surface area contributed by atoms with Crippen molar-refractivity contribution in [3.05, 3.63) is 72.8 Å². The number of anilines is 2. The summed E-state index contributed by atoms with van der Waals surface area (Å²) in [6.07, 6.45) is 5.92. The van der Waals surface area contributed by atoms with Gasteiger partial charge in [0, 0.05) is 12.4 Å². The maximum Gasteiger partial charge on any atom is 0.323 e. The van der Waals surface area contributed by atoms with E-state index < -0.39 is 6.03 Å². The van der Waals surface area contributed by atoms with E-state index in [4.69, 9.17) is 4.74 Å². The Morgan fingerprint density at radius 2 is 1.84 bits per heavy atom. The Morgan fingerprint density at radius 3 is 2.56 bits per heavy atom. The van der Waals surface area contributed by atoms with Crippen molar-refractivity contribution in [3.63, 3.8) is 0 Å². The minimum Gasteiger partial charge on any atom is -0.454 e. The van der Waals surface area contributed by atoms with Crippen LogP contribution in [0.2, 0.25) is 0 Å². The molecule has 122 valence electrons. The van der Waals surface area contributed by atoms with Crippen LogP contribution in [0.3, 0.4) is 0 Å². The number of para-hydroxylation sites is 1. The van der Waals surface area contributed by atoms with E-state index in [9.17, 15) is 10.1 Å². The zero-order chi connectivity index (χ0) is 17.5. The lowest BCUT2D eigenvalue weighted by Gasteiger charge is -2.13. The number of pyridine rings is 2. The first kappa shape index (κ1) is 16.0. The summed E-state index contributed by atoms with van der Waals surface area (Å²) in [5.74, 6) is 0.769. The Morgan fingerprint density at radius 1 is 1.00 bits per heavy atom. The molecule has 2 aromatic heterocycles. The van der Waals surface area contributed by atoms with Crippen LogP contribution >= 0.6 is 0 Å². The molecule has 25 heavy (non-hydrogen) atoms. The molecule has 0 radical (unpaired) electrons. The highest BCUT2D eigenvalue weighted by molar-refractivity contribution is 6.00. The van der Waals surface area contributed by atoms with Crippen molar-refractivity contribution in [3.8, 4) is 17.6 Å². The fraction of sp³-hybridized carbons (Fsp3) is 0. The van der Waals surface area contributed by atoms with Gasteiger partial charge in [-0.25, -0.2) is 4.79 Å². The fourth-order valence-corrected chi connectivity index (χ4v) is 2.06. The molecule has 3 rings (SSSR count). The Balaban J connectivity index is 1.83. The van der Waals surface area contributed by atoms with E-state index in [0.29, 0.717) is 11.4 Å². The number of nitrogens with zero attached hydrogens (tertiary/aromatic N) is 3. The number of ether oxygens (including phenoxy) is 1. The molecule has 7 heteroatoms. The largest absolute Gasteiger partial charge is 0.454 e. The highest BCUT2D eigenvalue weighted by Crippen LogP contribution is 2.32. The number of nitriles is 1. The van der Waals surface area contributed by atoms with E-state index in [0.717, 1.165) is 0 Å². The Labute approximate surface area is 143 Å². The van der Waals surface area contributed by atoms with E-state index >= 15 is 0 Å². The lowest BCUT2D eigenvalue weighted by atomic mass is 10.2. The van der Waals surface area contributed by atoms with Crippen molar-refractivity contribution in [2.75, 3.05) is 10.6 Å². The third-order valence-corrected chi connectivity index (χ3v) is 3.15. The van der Waals surface area contributed by atoms with Crippen molar-refractivity contribution in [1.29, 1.82) is 5.26 Å². The molecule has 1 aromatic carbocycles. The highest BCUT2D eigenvalue weighted by atomic mass is 16.5. The monoisotopic (exact) mass is 331 g/mol. The van der Waals surface area contributed by atoms with Gasteiger partial charge in [0.15, 0.2) is 5.75 Å². The summed E-state index contributed by atoms with van der Waals surface area (Å²) >= 11 is 0. The van der Waals surface area contributed by atoms with E-state index in [1.54, 1.807) is 30.5 Å². The van der Waals surface area contributed by atoms with Gasteiger partial charge in [-0.15, -0.1) is 0 Å². The van der Waals surface area contributed by atoms with Crippen molar-refractivity contribution in [2.24, 2.45) is 0 Å². The molecule has 0 aliphatic rings. The molecular weight excluding hydrogens is 318 g/mol. The van der Waals surface area contributed by atoms with Crippen molar-refractivity contribution in [1.82, 2.24) is 9.97 Å². The molecule has 2 N–H and O–H groups in total. The third kappa shape index (κ3) is 4.09. The lowest BCUT2D eigenvalue weighted by Crippen LogP contribution is -2.20. The van der Waals surface area contributed by atoms with Gasteiger partial charge in [0.1, 0.15) is 23.1 Å². The molecule has 3 aromatic rings. The van der Waals surface area contributed by atoms with Gasteiger partial charge in [-0.2, -0.15) is 5.26 Å². The fourth-order valence-electron chi connectivity index (χ4n) is 2.06. The molecule has 0 aliphatic heterocycles. The highest BCUT2D eigenvalue weighted by Gasteiger charge is 2.14. The second-order valence-corrected chi connectivity index (χ2v) is 4.91. The zero-order valence-corrected chi connectivity index (χ0v) is 13.0. The number of aromatic nitrogens is 2. The van der Waals surface area contributed by atoms with Crippen molar-refractivity contribution < 1.29 is 9.53 Å². The summed E-state index contributed by atoms with van der Waals surface area (Å²) in [6, 6.07) is 13.9. The smallest absolute Gasteiger partial charge is 0.323 e. The topological polar surface area (TPSA) is 99.9 Å². The maximum absolute atomic E-state index is 12.2. The SMILES string of the molecule is N#Cc1cncc(NC(=O)Nc2cccnc2)c1Oc1ccccc1. The number of benzene rings is 1.